The number of rotatable bonds is 6. The lowest BCUT2D eigenvalue weighted by molar-refractivity contribution is -0.139. The number of nitrogens with zero attached hydrogens (tertiary/aromatic N) is 3. The van der Waals surface area contributed by atoms with Crippen LogP contribution in [0.15, 0.2) is 42.5 Å². The predicted molar refractivity (Wildman–Crippen MR) is 124 cm³/mol. The highest BCUT2D eigenvalue weighted by Crippen LogP contribution is 2.32. The van der Waals surface area contributed by atoms with Crippen molar-refractivity contribution in [3.8, 4) is 17.3 Å². The first-order valence-electron chi connectivity index (χ1n) is 11.1. The Bertz CT molecular complexity index is 1150. The fraction of sp³-hybridized carbons (Fsp3) is 0.360. The fourth-order valence-electron chi connectivity index (χ4n) is 4.50. The van der Waals surface area contributed by atoms with Gasteiger partial charge < -0.3 is 20.1 Å². The van der Waals surface area contributed by atoms with Gasteiger partial charge >= 0.3 is 6.09 Å². The van der Waals surface area contributed by atoms with Crippen LogP contribution < -0.4 is 10.2 Å². The zero-order valence-electron chi connectivity index (χ0n) is 18.9. The lowest BCUT2D eigenvalue weighted by Gasteiger charge is -2.37. The van der Waals surface area contributed by atoms with Crippen molar-refractivity contribution in [1.82, 2.24) is 10.2 Å². The molecular weight excluding hydrogens is 436 g/mol. The minimum atomic E-state index is -1.34. The molecule has 0 aromatic heterocycles. The third kappa shape index (κ3) is 4.58. The second-order valence-electron chi connectivity index (χ2n) is 8.60. The average molecular weight is 463 g/mol. The summed E-state index contributed by atoms with van der Waals surface area (Å²) in [5, 5.41) is 21.1. The van der Waals surface area contributed by atoms with Gasteiger partial charge in [-0.05, 0) is 34.7 Å². The number of carbonyl (C=O) groups is 3. The molecule has 9 heteroatoms. The molecule has 0 spiro atoms. The Hall–Kier alpha value is -3.90. The van der Waals surface area contributed by atoms with Gasteiger partial charge in [-0.3, -0.25) is 9.59 Å². The summed E-state index contributed by atoms with van der Waals surface area (Å²) in [6, 6.07) is 13.8. The van der Waals surface area contributed by atoms with Gasteiger partial charge in [0.05, 0.1) is 6.42 Å². The van der Waals surface area contributed by atoms with Gasteiger partial charge in [0.1, 0.15) is 5.54 Å². The van der Waals surface area contributed by atoms with Gasteiger partial charge in [0.2, 0.25) is 5.91 Å². The first-order valence-corrected chi connectivity index (χ1v) is 11.1. The molecule has 2 aliphatic rings. The summed E-state index contributed by atoms with van der Waals surface area (Å²) in [4.78, 5) is 39.0. The van der Waals surface area contributed by atoms with E-state index in [0.29, 0.717) is 12.8 Å². The summed E-state index contributed by atoms with van der Waals surface area (Å²) in [7, 11) is 1.78. The number of amides is 3. The van der Waals surface area contributed by atoms with E-state index in [2.05, 4.69) is 5.32 Å². The number of benzene rings is 2. The molecule has 0 bridgehead atoms. The van der Waals surface area contributed by atoms with Gasteiger partial charge in [-0.1, -0.05) is 36.4 Å². The molecule has 2 aliphatic heterocycles. The molecule has 0 saturated carbocycles. The number of likely N-dealkylation sites (N-methyl/N-ethyl adjacent to an activating group) is 1. The van der Waals surface area contributed by atoms with Crippen molar-refractivity contribution in [2.45, 2.75) is 31.2 Å². The smallest absolute Gasteiger partial charge is 0.405 e. The Morgan fingerprint density at radius 2 is 1.85 bits per heavy atom. The van der Waals surface area contributed by atoms with E-state index in [0.717, 1.165) is 32.8 Å². The Morgan fingerprint density at radius 1 is 1.18 bits per heavy atom. The summed E-state index contributed by atoms with van der Waals surface area (Å²) >= 11 is 0. The highest BCUT2D eigenvalue weighted by atomic mass is 16.5. The highest BCUT2D eigenvalue weighted by Gasteiger charge is 2.44. The van der Waals surface area contributed by atoms with Gasteiger partial charge in [-0.15, -0.1) is 0 Å². The lowest BCUT2D eigenvalue weighted by Crippen LogP contribution is -2.61. The fourth-order valence-corrected chi connectivity index (χ4v) is 4.50. The summed E-state index contributed by atoms with van der Waals surface area (Å²) in [5.74, 6) is -0.464. The number of carboxylic acid groups (broad SMARTS) is 1. The molecule has 176 valence electrons. The largest absolute Gasteiger partial charge is 0.465 e. The van der Waals surface area contributed by atoms with Gasteiger partial charge in [-0.2, -0.15) is 5.26 Å². The van der Waals surface area contributed by atoms with Crippen molar-refractivity contribution in [3.63, 3.8) is 0 Å². The summed E-state index contributed by atoms with van der Waals surface area (Å²) in [6.45, 7) is 0.642. The number of hydrogen-bond acceptors (Lipinski definition) is 5. The number of nitriles is 1. The molecule has 2 heterocycles. The molecule has 1 saturated heterocycles. The molecule has 0 unspecified atom stereocenters. The van der Waals surface area contributed by atoms with E-state index in [9.17, 15) is 24.8 Å². The number of fused-ring (bicyclic) bond motifs is 1. The maximum atomic E-state index is 13.1. The van der Waals surface area contributed by atoms with E-state index in [1.807, 2.05) is 48.7 Å². The molecule has 2 aromatic rings. The predicted octanol–water partition coefficient (Wildman–Crippen LogP) is 2.54. The highest BCUT2D eigenvalue weighted by molar-refractivity contribution is 6.01. The normalized spacial score (nSPS) is 16.5. The van der Waals surface area contributed by atoms with Crippen LogP contribution in [0.5, 0.6) is 0 Å². The molecular formula is C25H26N4O5. The van der Waals surface area contributed by atoms with Crippen molar-refractivity contribution < 1.29 is 24.2 Å². The molecule has 3 amide bonds. The van der Waals surface area contributed by atoms with Crippen LogP contribution in [-0.4, -0.2) is 60.3 Å². The SMILES string of the molecule is CN1C(=O)Cc2ccc(-c3ccc(CCN(C#N)C(=O)C4(NC(=O)O)CCOCC4)cc3)cc21. The third-order valence-corrected chi connectivity index (χ3v) is 6.54. The minimum absolute atomic E-state index is 0.0835. The molecule has 4 rings (SSSR count). The number of nitrogens with one attached hydrogen (secondary N) is 1. The van der Waals surface area contributed by atoms with Crippen molar-refractivity contribution in [3.05, 3.63) is 53.6 Å². The summed E-state index contributed by atoms with van der Waals surface area (Å²) < 4.78 is 5.28. The Labute approximate surface area is 197 Å². The van der Waals surface area contributed by atoms with Crippen LogP contribution in [-0.2, 0) is 27.2 Å². The first kappa shape index (κ1) is 23.3. The Balaban J connectivity index is 1.43. The van der Waals surface area contributed by atoms with E-state index in [1.54, 1.807) is 11.9 Å². The molecule has 1 fully saturated rings. The molecule has 9 nitrogen and oxygen atoms in total. The summed E-state index contributed by atoms with van der Waals surface area (Å²) in [5.41, 5.74) is 3.55. The van der Waals surface area contributed by atoms with Gasteiger partial charge in [0.25, 0.3) is 5.91 Å². The van der Waals surface area contributed by atoms with Gasteiger partial charge in [0, 0.05) is 45.3 Å². The topological polar surface area (TPSA) is 123 Å². The van der Waals surface area contributed by atoms with Crippen LogP contribution >= 0.6 is 0 Å². The zero-order valence-corrected chi connectivity index (χ0v) is 18.9. The Kier molecular flexibility index (Phi) is 6.52. The van der Waals surface area contributed by atoms with Crippen LogP contribution in [0.25, 0.3) is 11.1 Å². The quantitative estimate of drug-likeness (QED) is 0.502. The number of ether oxygens (including phenoxy) is 1. The standard InChI is InChI=1S/C25H26N4O5/c1-28-21-14-19(6-7-20(21)15-22(28)30)18-4-2-17(3-5-18)8-11-29(16-26)23(31)25(27-24(32)33)9-12-34-13-10-25/h2-7,14,27H,8-13,15H2,1H3,(H,32,33). The van der Waals surface area contributed by atoms with E-state index < -0.39 is 17.5 Å². The van der Waals surface area contributed by atoms with Crippen molar-refractivity contribution in [1.29, 1.82) is 5.26 Å². The summed E-state index contributed by atoms with van der Waals surface area (Å²) in [6.07, 6.45) is 1.86. The molecule has 2 aromatic carbocycles. The maximum Gasteiger partial charge on any atom is 0.405 e. The minimum Gasteiger partial charge on any atom is -0.465 e. The second kappa shape index (κ2) is 9.53. The van der Waals surface area contributed by atoms with Gasteiger partial charge in [-0.25, -0.2) is 9.69 Å². The van der Waals surface area contributed by atoms with Crippen LogP contribution in [0.1, 0.15) is 24.0 Å². The molecule has 0 atom stereocenters. The molecule has 0 aliphatic carbocycles. The van der Waals surface area contributed by atoms with Gasteiger partial charge in [0.15, 0.2) is 6.19 Å². The van der Waals surface area contributed by atoms with Crippen LogP contribution in [0.4, 0.5) is 10.5 Å². The molecule has 0 radical (unpaired) electrons. The molecule has 34 heavy (non-hydrogen) atoms. The van der Waals surface area contributed by atoms with Crippen LogP contribution in [0.3, 0.4) is 0 Å². The average Bonchev–Trinajstić information content (AvgIpc) is 3.12. The number of anilines is 1. The lowest BCUT2D eigenvalue weighted by atomic mass is 9.88. The van der Waals surface area contributed by atoms with Crippen LogP contribution in [0.2, 0.25) is 0 Å². The Morgan fingerprint density at radius 3 is 2.50 bits per heavy atom. The van der Waals surface area contributed by atoms with Crippen molar-refractivity contribution in [2.24, 2.45) is 0 Å². The van der Waals surface area contributed by atoms with Crippen LogP contribution in [0, 0.1) is 11.5 Å². The van der Waals surface area contributed by atoms with E-state index in [1.165, 1.54) is 0 Å². The third-order valence-electron chi connectivity index (χ3n) is 6.54. The number of carbonyl (C=O) groups excluding carboxylic acids is 2. The molecule has 2 N–H and O–H groups in total. The monoisotopic (exact) mass is 462 g/mol. The van der Waals surface area contributed by atoms with Crippen molar-refractivity contribution >= 4 is 23.6 Å². The first-order chi connectivity index (χ1) is 16.3. The second-order valence-corrected chi connectivity index (χ2v) is 8.60. The number of hydrogen-bond donors (Lipinski definition) is 2. The van der Waals surface area contributed by atoms with Crippen molar-refractivity contribution in [2.75, 3.05) is 31.7 Å². The van der Waals surface area contributed by atoms with E-state index >= 15 is 0 Å². The van der Waals surface area contributed by atoms with E-state index in [4.69, 9.17) is 4.74 Å². The zero-order chi connectivity index (χ0) is 24.3. The van der Waals surface area contributed by atoms with E-state index in [-0.39, 0.29) is 38.5 Å². The maximum absolute atomic E-state index is 13.1.